The third-order valence-corrected chi connectivity index (χ3v) is 7.31. The maximum absolute atomic E-state index is 10.2. The largest absolute Gasteiger partial charge is 0.396 e. The molecule has 3 heteroatoms. The Morgan fingerprint density at radius 2 is 1.45 bits per heavy atom. The molecule has 0 unspecified atom stereocenters. The first-order valence-electron chi connectivity index (χ1n) is 11.5. The number of nitrogens with zero attached hydrogens (tertiary/aromatic N) is 2. The van der Waals surface area contributed by atoms with Crippen molar-refractivity contribution in [3.63, 3.8) is 0 Å². The number of aliphatic hydroxyl groups is 1. The summed E-state index contributed by atoms with van der Waals surface area (Å²) in [5, 5.41) is 10.2. The van der Waals surface area contributed by atoms with Crippen molar-refractivity contribution in [2.24, 2.45) is 5.41 Å². The Hall–Kier alpha value is -1.84. The Balaban J connectivity index is 1.23. The fourth-order valence-electron chi connectivity index (χ4n) is 5.29. The highest BCUT2D eigenvalue weighted by Gasteiger charge is 2.36. The fourth-order valence-corrected chi connectivity index (χ4v) is 5.29. The molecule has 0 radical (unpaired) electrons. The highest BCUT2D eigenvalue weighted by molar-refractivity contribution is 5.46. The summed E-state index contributed by atoms with van der Waals surface area (Å²) in [6.45, 7) is 4.98. The number of rotatable bonds is 7. The van der Waals surface area contributed by atoms with Crippen molar-refractivity contribution in [1.82, 2.24) is 4.90 Å². The normalized spacial score (nSPS) is 20.7. The SMILES string of the molecule is OCC1(CCCc2ccccc2)CCN(C2CCN(c3ccccc3)CC2)CC1. The van der Waals surface area contributed by atoms with E-state index in [1.807, 2.05) is 0 Å². The van der Waals surface area contributed by atoms with Gasteiger partial charge in [-0.15, -0.1) is 0 Å². The minimum absolute atomic E-state index is 0.149. The van der Waals surface area contributed by atoms with E-state index < -0.39 is 0 Å². The standard InChI is InChI=1S/C26H36N2O/c29-22-26(15-7-10-23-8-3-1-4-9-23)16-20-28(21-17-26)25-13-18-27(19-14-25)24-11-5-2-6-12-24/h1-6,8-9,11-12,25,29H,7,10,13-22H2. The van der Waals surface area contributed by atoms with Crippen molar-refractivity contribution >= 4 is 5.69 Å². The van der Waals surface area contributed by atoms with Gasteiger partial charge in [0, 0.05) is 31.4 Å². The van der Waals surface area contributed by atoms with E-state index in [1.54, 1.807) is 0 Å². The molecule has 0 aromatic heterocycles. The molecule has 156 valence electrons. The van der Waals surface area contributed by atoms with Crippen molar-refractivity contribution < 1.29 is 5.11 Å². The van der Waals surface area contributed by atoms with Gasteiger partial charge in [0.2, 0.25) is 0 Å². The van der Waals surface area contributed by atoms with Gasteiger partial charge >= 0.3 is 0 Å². The molecule has 2 aliphatic rings. The molecule has 2 aromatic rings. The van der Waals surface area contributed by atoms with Gasteiger partial charge in [0.05, 0.1) is 0 Å². The van der Waals surface area contributed by atoms with E-state index in [-0.39, 0.29) is 5.41 Å². The highest BCUT2D eigenvalue weighted by Crippen LogP contribution is 2.37. The number of aliphatic hydroxyl groups excluding tert-OH is 1. The van der Waals surface area contributed by atoms with Crippen LogP contribution in [0.4, 0.5) is 5.69 Å². The fraction of sp³-hybridized carbons (Fsp3) is 0.538. The Bertz CT molecular complexity index is 717. The molecule has 1 N–H and O–H groups in total. The summed E-state index contributed by atoms with van der Waals surface area (Å²) in [4.78, 5) is 5.25. The summed E-state index contributed by atoms with van der Waals surface area (Å²) in [6.07, 6.45) is 8.28. The lowest BCUT2D eigenvalue weighted by molar-refractivity contribution is 0.0157. The minimum atomic E-state index is 0.149. The first kappa shape index (κ1) is 20.4. The number of hydrogen-bond acceptors (Lipinski definition) is 3. The van der Waals surface area contributed by atoms with Crippen molar-refractivity contribution in [3.8, 4) is 0 Å². The quantitative estimate of drug-likeness (QED) is 0.736. The third-order valence-electron chi connectivity index (χ3n) is 7.31. The predicted molar refractivity (Wildman–Crippen MR) is 121 cm³/mol. The maximum atomic E-state index is 10.2. The number of anilines is 1. The average Bonchev–Trinajstić information content (AvgIpc) is 2.81. The van der Waals surface area contributed by atoms with Crippen molar-refractivity contribution in [2.75, 3.05) is 37.7 Å². The van der Waals surface area contributed by atoms with Crippen LogP contribution in [-0.4, -0.2) is 48.8 Å². The number of benzene rings is 2. The predicted octanol–water partition coefficient (Wildman–Crippen LogP) is 4.75. The van der Waals surface area contributed by atoms with Crippen LogP contribution in [0.15, 0.2) is 60.7 Å². The molecule has 0 saturated carbocycles. The van der Waals surface area contributed by atoms with E-state index in [2.05, 4.69) is 70.5 Å². The molecule has 0 aliphatic carbocycles. The number of para-hydroxylation sites is 1. The summed E-state index contributed by atoms with van der Waals surface area (Å²) in [5.41, 5.74) is 2.93. The monoisotopic (exact) mass is 392 g/mol. The number of piperidine rings is 2. The zero-order valence-electron chi connectivity index (χ0n) is 17.7. The summed E-state index contributed by atoms with van der Waals surface area (Å²) in [5.74, 6) is 0. The summed E-state index contributed by atoms with van der Waals surface area (Å²) >= 11 is 0. The van der Waals surface area contributed by atoms with Gasteiger partial charge in [0.15, 0.2) is 0 Å². The lowest BCUT2D eigenvalue weighted by Crippen LogP contribution is -2.50. The molecule has 29 heavy (non-hydrogen) atoms. The molecule has 2 fully saturated rings. The topological polar surface area (TPSA) is 26.7 Å². The Labute approximate surface area is 176 Å². The summed E-state index contributed by atoms with van der Waals surface area (Å²) in [7, 11) is 0. The second-order valence-corrected chi connectivity index (χ2v) is 9.09. The van der Waals surface area contributed by atoms with Gasteiger partial charge in [0.25, 0.3) is 0 Å². The number of aryl methyl sites for hydroxylation is 1. The van der Waals surface area contributed by atoms with Crippen LogP contribution in [0.2, 0.25) is 0 Å². The van der Waals surface area contributed by atoms with Crippen LogP contribution in [0, 0.1) is 5.41 Å². The molecule has 0 bridgehead atoms. The van der Waals surface area contributed by atoms with Gasteiger partial charge in [0.1, 0.15) is 0 Å². The first-order valence-corrected chi connectivity index (χ1v) is 11.5. The van der Waals surface area contributed by atoms with Crippen LogP contribution in [0.3, 0.4) is 0 Å². The van der Waals surface area contributed by atoms with Crippen LogP contribution in [0.1, 0.15) is 44.1 Å². The Kier molecular flexibility index (Phi) is 6.89. The van der Waals surface area contributed by atoms with Crippen LogP contribution in [-0.2, 0) is 6.42 Å². The second-order valence-electron chi connectivity index (χ2n) is 9.09. The van der Waals surface area contributed by atoms with Gasteiger partial charge in [-0.2, -0.15) is 0 Å². The smallest absolute Gasteiger partial charge is 0.0488 e. The van der Waals surface area contributed by atoms with Gasteiger partial charge in [-0.25, -0.2) is 0 Å². The molecule has 0 spiro atoms. The van der Waals surface area contributed by atoms with Gasteiger partial charge in [-0.3, -0.25) is 0 Å². The van der Waals surface area contributed by atoms with Crippen LogP contribution in [0.25, 0.3) is 0 Å². The Morgan fingerprint density at radius 3 is 2.07 bits per heavy atom. The maximum Gasteiger partial charge on any atom is 0.0488 e. The zero-order chi connectivity index (χ0) is 19.9. The minimum Gasteiger partial charge on any atom is -0.396 e. The zero-order valence-corrected chi connectivity index (χ0v) is 17.7. The summed E-state index contributed by atoms with van der Waals surface area (Å²) < 4.78 is 0. The van der Waals surface area contributed by atoms with Crippen LogP contribution in [0.5, 0.6) is 0 Å². The molecule has 4 rings (SSSR count). The lowest BCUT2D eigenvalue weighted by atomic mass is 9.74. The number of likely N-dealkylation sites (tertiary alicyclic amines) is 1. The van der Waals surface area contributed by atoms with Gasteiger partial charge < -0.3 is 14.9 Å². The molecule has 2 saturated heterocycles. The van der Waals surface area contributed by atoms with E-state index in [0.717, 1.165) is 57.9 Å². The van der Waals surface area contributed by atoms with E-state index in [9.17, 15) is 5.11 Å². The molecular weight excluding hydrogens is 356 g/mol. The van der Waals surface area contributed by atoms with E-state index in [0.29, 0.717) is 6.61 Å². The molecule has 2 aliphatic heterocycles. The molecule has 2 heterocycles. The molecule has 3 nitrogen and oxygen atoms in total. The first-order chi connectivity index (χ1) is 14.3. The van der Waals surface area contributed by atoms with Crippen molar-refractivity contribution in [2.45, 2.75) is 51.0 Å². The van der Waals surface area contributed by atoms with Crippen molar-refractivity contribution in [3.05, 3.63) is 66.2 Å². The molecule has 2 aromatic carbocycles. The van der Waals surface area contributed by atoms with Gasteiger partial charge in [-0.05, 0) is 81.1 Å². The van der Waals surface area contributed by atoms with E-state index in [1.165, 1.54) is 30.5 Å². The van der Waals surface area contributed by atoms with E-state index >= 15 is 0 Å². The highest BCUT2D eigenvalue weighted by atomic mass is 16.3. The summed E-state index contributed by atoms with van der Waals surface area (Å²) in [6, 6.07) is 22.3. The van der Waals surface area contributed by atoms with Crippen LogP contribution < -0.4 is 4.90 Å². The third kappa shape index (κ3) is 5.21. The molecular formula is C26H36N2O. The van der Waals surface area contributed by atoms with Crippen LogP contribution >= 0.6 is 0 Å². The second kappa shape index (κ2) is 9.77. The van der Waals surface area contributed by atoms with E-state index in [4.69, 9.17) is 0 Å². The van der Waals surface area contributed by atoms with Gasteiger partial charge in [-0.1, -0.05) is 48.5 Å². The Morgan fingerprint density at radius 1 is 0.828 bits per heavy atom. The lowest BCUT2D eigenvalue weighted by Gasteiger charge is -2.46. The molecule has 0 atom stereocenters. The number of hydrogen-bond donors (Lipinski definition) is 1. The average molecular weight is 393 g/mol. The van der Waals surface area contributed by atoms with Crippen molar-refractivity contribution in [1.29, 1.82) is 0 Å². The molecule has 0 amide bonds.